The van der Waals surface area contributed by atoms with Crippen LogP contribution >= 0.6 is 34.8 Å². The molecule has 0 bridgehead atoms. The van der Waals surface area contributed by atoms with Gasteiger partial charge in [-0.3, -0.25) is 4.79 Å². The summed E-state index contributed by atoms with van der Waals surface area (Å²) >= 11 is 17.8. The number of hydrogen-bond donors (Lipinski definition) is 1. The van der Waals surface area contributed by atoms with Crippen LogP contribution in [0.4, 0.5) is 5.69 Å². The van der Waals surface area contributed by atoms with Gasteiger partial charge in [0, 0.05) is 16.5 Å². The SMILES string of the molecule is COc1ccc(Cl)cc1NC(=O)CCCOc1ccc(Cl)cc1Cl. The monoisotopic (exact) mass is 387 g/mol. The first kappa shape index (κ1) is 18.7. The molecule has 0 aliphatic carbocycles. The fraction of sp³-hybridized carbons (Fsp3) is 0.235. The molecule has 2 aromatic carbocycles. The summed E-state index contributed by atoms with van der Waals surface area (Å²) in [6.45, 7) is 0.363. The van der Waals surface area contributed by atoms with Gasteiger partial charge in [-0.2, -0.15) is 0 Å². The number of carbonyl (C=O) groups excluding carboxylic acids is 1. The molecule has 0 saturated carbocycles. The molecule has 0 unspecified atom stereocenters. The van der Waals surface area contributed by atoms with Gasteiger partial charge in [-0.15, -0.1) is 0 Å². The lowest BCUT2D eigenvalue weighted by Gasteiger charge is -2.11. The van der Waals surface area contributed by atoms with Crippen molar-refractivity contribution in [3.05, 3.63) is 51.5 Å². The number of benzene rings is 2. The molecule has 128 valence electrons. The van der Waals surface area contributed by atoms with E-state index in [9.17, 15) is 4.79 Å². The van der Waals surface area contributed by atoms with Crippen molar-refractivity contribution in [3.8, 4) is 11.5 Å². The highest BCUT2D eigenvalue weighted by molar-refractivity contribution is 6.35. The Hall–Kier alpha value is -1.62. The Labute approximate surface area is 155 Å². The van der Waals surface area contributed by atoms with Crippen LogP contribution in [0, 0.1) is 0 Å². The van der Waals surface area contributed by atoms with Gasteiger partial charge in [0.1, 0.15) is 11.5 Å². The standard InChI is InChI=1S/C17H16Cl3NO3/c1-23-16-7-5-12(19)10-14(16)21-17(22)3-2-8-24-15-6-4-11(18)9-13(15)20/h4-7,9-10H,2-3,8H2,1H3,(H,21,22). The number of nitrogens with one attached hydrogen (secondary N) is 1. The van der Waals surface area contributed by atoms with Crippen LogP contribution in [0.5, 0.6) is 11.5 Å². The molecule has 0 aliphatic heterocycles. The van der Waals surface area contributed by atoms with Crippen molar-refractivity contribution in [3.63, 3.8) is 0 Å². The first-order valence-electron chi connectivity index (χ1n) is 7.21. The van der Waals surface area contributed by atoms with E-state index in [2.05, 4.69) is 5.32 Å². The summed E-state index contributed by atoms with van der Waals surface area (Å²) in [7, 11) is 1.53. The predicted molar refractivity (Wildman–Crippen MR) is 97.8 cm³/mol. The molecule has 7 heteroatoms. The van der Waals surface area contributed by atoms with E-state index in [-0.39, 0.29) is 5.91 Å². The van der Waals surface area contributed by atoms with E-state index in [1.54, 1.807) is 36.4 Å². The number of ether oxygens (including phenoxy) is 2. The maximum Gasteiger partial charge on any atom is 0.224 e. The van der Waals surface area contributed by atoms with Crippen molar-refractivity contribution in [2.75, 3.05) is 19.0 Å². The first-order chi connectivity index (χ1) is 11.5. The predicted octanol–water partition coefficient (Wildman–Crippen LogP) is 5.45. The Balaban J connectivity index is 1.80. The minimum atomic E-state index is -0.152. The molecule has 1 amide bonds. The molecule has 0 radical (unpaired) electrons. The molecule has 0 heterocycles. The number of rotatable bonds is 7. The van der Waals surface area contributed by atoms with Gasteiger partial charge >= 0.3 is 0 Å². The van der Waals surface area contributed by atoms with E-state index in [4.69, 9.17) is 44.3 Å². The Morgan fingerprint density at radius 1 is 1.04 bits per heavy atom. The normalized spacial score (nSPS) is 10.3. The van der Waals surface area contributed by atoms with Crippen molar-refractivity contribution in [2.45, 2.75) is 12.8 Å². The molecular formula is C17H16Cl3NO3. The molecule has 0 fully saturated rings. The second-order valence-electron chi connectivity index (χ2n) is 4.92. The van der Waals surface area contributed by atoms with E-state index >= 15 is 0 Å². The van der Waals surface area contributed by atoms with E-state index in [1.807, 2.05) is 0 Å². The van der Waals surface area contributed by atoms with Gasteiger partial charge in [-0.25, -0.2) is 0 Å². The average molecular weight is 389 g/mol. The van der Waals surface area contributed by atoms with Gasteiger partial charge in [-0.1, -0.05) is 34.8 Å². The van der Waals surface area contributed by atoms with Crippen LogP contribution in [0.2, 0.25) is 15.1 Å². The van der Waals surface area contributed by atoms with E-state index in [0.29, 0.717) is 51.7 Å². The topological polar surface area (TPSA) is 47.6 Å². The van der Waals surface area contributed by atoms with Crippen molar-refractivity contribution >= 4 is 46.4 Å². The molecule has 0 aromatic heterocycles. The summed E-state index contributed by atoms with van der Waals surface area (Å²) in [4.78, 5) is 12.0. The molecule has 2 rings (SSSR count). The van der Waals surface area contributed by atoms with Crippen LogP contribution < -0.4 is 14.8 Å². The van der Waals surface area contributed by atoms with E-state index < -0.39 is 0 Å². The third-order valence-electron chi connectivity index (χ3n) is 3.14. The van der Waals surface area contributed by atoms with Crippen LogP contribution in [0.25, 0.3) is 0 Å². The number of anilines is 1. The van der Waals surface area contributed by atoms with Crippen LogP contribution in [0.1, 0.15) is 12.8 Å². The maximum absolute atomic E-state index is 12.0. The average Bonchev–Trinajstić information content (AvgIpc) is 2.53. The third kappa shape index (κ3) is 5.48. The molecule has 2 aromatic rings. The van der Waals surface area contributed by atoms with Gasteiger partial charge in [0.25, 0.3) is 0 Å². The Kier molecular flexibility index (Phi) is 7.03. The van der Waals surface area contributed by atoms with Gasteiger partial charge in [0.15, 0.2) is 0 Å². The molecule has 0 saturated heterocycles. The van der Waals surface area contributed by atoms with Gasteiger partial charge in [0.05, 0.1) is 24.4 Å². The molecule has 0 aliphatic rings. The molecule has 1 N–H and O–H groups in total. The second kappa shape index (κ2) is 9.02. The van der Waals surface area contributed by atoms with Crippen LogP contribution in [0.15, 0.2) is 36.4 Å². The molecule has 4 nitrogen and oxygen atoms in total. The Bertz CT molecular complexity index is 722. The third-order valence-corrected chi connectivity index (χ3v) is 3.90. The van der Waals surface area contributed by atoms with E-state index in [0.717, 1.165) is 0 Å². The fourth-order valence-electron chi connectivity index (χ4n) is 2.00. The number of carbonyl (C=O) groups is 1. The highest BCUT2D eigenvalue weighted by Crippen LogP contribution is 2.29. The zero-order chi connectivity index (χ0) is 17.5. The minimum absolute atomic E-state index is 0.152. The van der Waals surface area contributed by atoms with Crippen molar-refractivity contribution in [2.24, 2.45) is 0 Å². The van der Waals surface area contributed by atoms with Crippen molar-refractivity contribution in [1.29, 1.82) is 0 Å². The van der Waals surface area contributed by atoms with Crippen LogP contribution in [-0.4, -0.2) is 19.6 Å². The summed E-state index contributed by atoms with van der Waals surface area (Å²) in [5, 5.41) is 4.28. The lowest BCUT2D eigenvalue weighted by atomic mass is 10.2. The summed E-state index contributed by atoms with van der Waals surface area (Å²) < 4.78 is 10.7. The molecule has 24 heavy (non-hydrogen) atoms. The minimum Gasteiger partial charge on any atom is -0.495 e. The molecule has 0 spiro atoms. The second-order valence-corrected chi connectivity index (χ2v) is 6.20. The Morgan fingerprint density at radius 2 is 1.71 bits per heavy atom. The molecular weight excluding hydrogens is 373 g/mol. The van der Waals surface area contributed by atoms with Gasteiger partial charge in [-0.05, 0) is 42.8 Å². The van der Waals surface area contributed by atoms with Gasteiger partial charge in [0.2, 0.25) is 5.91 Å². The zero-order valence-electron chi connectivity index (χ0n) is 12.9. The Morgan fingerprint density at radius 3 is 2.38 bits per heavy atom. The smallest absolute Gasteiger partial charge is 0.224 e. The zero-order valence-corrected chi connectivity index (χ0v) is 15.2. The van der Waals surface area contributed by atoms with E-state index in [1.165, 1.54) is 7.11 Å². The quantitative estimate of drug-likeness (QED) is 0.641. The summed E-state index contributed by atoms with van der Waals surface area (Å²) in [6.07, 6.45) is 0.828. The number of amides is 1. The largest absolute Gasteiger partial charge is 0.495 e. The van der Waals surface area contributed by atoms with Gasteiger partial charge < -0.3 is 14.8 Å². The summed E-state index contributed by atoms with van der Waals surface area (Å²) in [5.41, 5.74) is 0.539. The first-order valence-corrected chi connectivity index (χ1v) is 8.34. The number of halogens is 3. The number of methoxy groups -OCH3 is 1. The van der Waals surface area contributed by atoms with Crippen molar-refractivity contribution in [1.82, 2.24) is 0 Å². The summed E-state index contributed by atoms with van der Waals surface area (Å²) in [6, 6.07) is 10.0. The fourth-order valence-corrected chi connectivity index (χ4v) is 2.63. The number of hydrogen-bond acceptors (Lipinski definition) is 3. The van der Waals surface area contributed by atoms with Crippen molar-refractivity contribution < 1.29 is 14.3 Å². The van der Waals surface area contributed by atoms with Crippen LogP contribution in [-0.2, 0) is 4.79 Å². The maximum atomic E-state index is 12.0. The molecule has 0 atom stereocenters. The highest BCUT2D eigenvalue weighted by atomic mass is 35.5. The lowest BCUT2D eigenvalue weighted by molar-refractivity contribution is -0.116. The summed E-state index contributed by atoms with van der Waals surface area (Å²) in [5.74, 6) is 0.941. The van der Waals surface area contributed by atoms with Crippen LogP contribution in [0.3, 0.4) is 0 Å². The lowest BCUT2D eigenvalue weighted by Crippen LogP contribution is -2.13. The highest BCUT2D eigenvalue weighted by Gasteiger charge is 2.09.